The van der Waals surface area contributed by atoms with Gasteiger partial charge in [0.05, 0.1) is 4.92 Å². The van der Waals surface area contributed by atoms with Crippen LogP contribution in [0.3, 0.4) is 0 Å². The number of nitro benzene ring substituents is 1. The van der Waals surface area contributed by atoms with Crippen molar-refractivity contribution >= 4 is 27.5 Å². The standard InChI is InChI=1S/C30H45N5O7S/c1-2-12-29(37)34-26(23-24-15-17-25(36)18-16-24)30(38)32-21-10-6-4-3-5-9-19-31-20-11-22-33-43(41,42)28-14-8-7-13-27(28)35(39)40/h7-8,13-18,26,31,33,36H,2-6,9-12,19-23H2,1H3,(H,32,38)(H,34,37). The molecule has 0 aliphatic heterocycles. The van der Waals surface area contributed by atoms with Crippen molar-refractivity contribution in [1.29, 1.82) is 0 Å². The summed E-state index contributed by atoms with van der Waals surface area (Å²) in [5, 5.41) is 29.6. The zero-order valence-electron chi connectivity index (χ0n) is 24.8. The number of nitrogens with zero attached hydrogens (tertiary/aromatic N) is 1. The van der Waals surface area contributed by atoms with Gasteiger partial charge in [-0.2, -0.15) is 0 Å². The lowest BCUT2D eigenvalue weighted by molar-refractivity contribution is -0.387. The largest absolute Gasteiger partial charge is 0.508 e. The van der Waals surface area contributed by atoms with E-state index >= 15 is 0 Å². The van der Waals surface area contributed by atoms with Crippen LogP contribution in [0.5, 0.6) is 5.75 Å². The molecule has 12 nitrogen and oxygen atoms in total. The summed E-state index contributed by atoms with van der Waals surface area (Å²) in [6, 6.07) is 11.2. The Bertz CT molecular complexity index is 1260. The molecule has 2 amide bonds. The van der Waals surface area contributed by atoms with Crippen LogP contribution in [0, 0.1) is 10.1 Å². The fraction of sp³-hybridized carbons (Fsp3) is 0.533. The predicted molar refractivity (Wildman–Crippen MR) is 165 cm³/mol. The number of aromatic hydroxyl groups is 1. The molecule has 0 heterocycles. The Labute approximate surface area is 254 Å². The van der Waals surface area contributed by atoms with Crippen molar-refractivity contribution in [2.75, 3.05) is 26.2 Å². The van der Waals surface area contributed by atoms with Gasteiger partial charge in [0.1, 0.15) is 11.8 Å². The lowest BCUT2D eigenvalue weighted by Gasteiger charge is -2.19. The van der Waals surface area contributed by atoms with Crippen LogP contribution < -0.4 is 20.7 Å². The zero-order chi connectivity index (χ0) is 31.5. The molecule has 0 fully saturated rings. The number of unbranched alkanes of at least 4 members (excludes halogenated alkanes) is 5. The number of carbonyl (C=O) groups excluding carboxylic acids is 2. The Morgan fingerprint density at radius 1 is 0.884 bits per heavy atom. The molecule has 0 aliphatic rings. The van der Waals surface area contributed by atoms with Crippen molar-refractivity contribution in [2.45, 2.75) is 82.1 Å². The zero-order valence-corrected chi connectivity index (χ0v) is 25.7. The van der Waals surface area contributed by atoms with Crippen LogP contribution in [0.2, 0.25) is 0 Å². The first-order valence-corrected chi connectivity index (χ1v) is 16.4. The van der Waals surface area contributed by atoms with Gasteiger partial charge >= 0.3 is 0 Å². The predicted octanol–water partition coefficient (Wildman–Crippen LogP) is 3.54. The first-order chi connectivity index (χ1) is 20.6. The van der Waals surface area contributed by atoms with E-state index in [2.05, 4.69) is 20.7 Å². The first-order valence-electron chi connectivity index (χ1n) is 14.9. The second-order valence-corrected chi connectivity index (χ2v) is 12.1. The fourth-order valence-electron chi connectivity index (χ4n) is 4.45. The van der Waals surface area contributed by atoms with E-state index in [-0.39, 0.29) is 29.0 Å². The number of para-hydroxylation sites is 1. The number of benzene rings is 2. The monoisotopic (exact) mass is 619 g/mol. The Morgan fingerprint density at radius 3 is 2.19 bits per heavy atom. The summed E-state index contributed by atoms with van der Waals surface area (Å²) in [6.45, 7) is 4.08. The molecule has 0 spiro atoms. The number of carbonyl (C=O) groups is 2. The van der Waals surface area contributed by atoms with Gasteiger partial charge in [0.25, 0.3) is 5.69 Å². The summed E-state index contributed by atoms with van der Waals surface area (Å²) < 4.78 is 27.2. The maximum Gasteiger partial charge on any atom is 0.289 e. The lowest BCUT2D eigenvalue weighted by atomic mass is 10.0. The van der Waals surface area contributed by atoms with Crippen molar-refractivity contribution in [3.05, 3.63) is 64.2 Å². The fourth-order valence-corrected chi connectivity index (χ4v) is 5.69. The van der Waals surface area contributed by atoms with Crippen LogP contribution in [0.15, 0.2) is 53.4 Å². The minimum Gasteiger partial charge on any atom is -0.508 e. The van der Waals surface area contributed by atoms with Crippen molar-refractivity contribution in [3.8, 4) is 5.75 Å². The first kappa shape index (κ1) is 35.6. The number of nitro groups is 1. The lowest BCUT2D eigenvalue weighted by Crippen LogP contribution is -2.48. The molecule has 0 bridgehead atoms. The van der Waals surface area contributed by atoms with Crippen LogP contribution in [-0.4, -0.2) is 62.5 Å². The summed E-state index contributed by atoms with van der Waals surface area (Å²) in [7, 11) is -3.95. The average molecular weight is 620 g/mol. The van der Waals surface area contributed by atoms with Crippen LogP contribution in [0.1, 0.15) is 70.3 Å². The van der Waals surface area contributed by atoms with Crippen LogP contribution in [0.4, 0.5) is 5.69 Å². The molecule has 0 saturated carbocycles. The number of hydrogen-bond acceptors (Lipinski definition) is 8. The summed E-state index contributed by atoms with van der Waals surface area (Å²) in [5.41, 5.74) is 0.409. The van der Waals surface area contributed by atoms with Gasteiger partial charge in [-0.3, -0.25) is 19.7 Å². The molecule has 238 valence electrons. The number of nitrogens with one attached hydrogen (secondary N) is 4. The molecule has 0 aliphatic carbocycles. The van der Waals surface area contributed by atoms with E-state index in [1.807, 2.05) is 6.92 Å². The van der Waals surface area contributed by atoms with Gasteiger partial charge in [0.15, 0.2) is 4.90 Å². The Kier molecular flexibility index (Phi) is 16.2. The van der Waals surface area contributed by atoms with Gasteiger partial charge in [0, 0.05) is 32.0 Å². The summed E-state index contributed by atoms with van der Waals surface area (Å²) in [6.07, 6.45) is 7.98. The third kappa shape index (κ3) is 14.0. The number of phenols is 1. The topological polar surface area (TPSA) is 180 Å². The highest BCUT2D eigenvalue weighted by molar-refractivity contribution is 7.89. The van der Waals surface area contributed by atoms with E-state index in [0.717, 1.165) is 50.6 Å². The van der Waals surface area contributed by atoms with Gasteiger partial charge in [-0.15, -0.1) is 0 Å². The van der Waals surface area contributed by atoms with E-state index < -0.39 is 26.7 Å². The normalized spacial score (nSPS) is 12.0. The number of rotatable bonds is 22. The maximum atomic E-state index is 12.8. The minimum atomic E-state index is -3.95. The molecule has 0 aromatic heterocycles. The highest BCUT2D eigenvalue weighted by atomic mass is 32.2. The Hall–Kier alpha value is -3.55. The third-order valence-corrected chi connectivity index (χ3v) is 8.27. The summed E-state index contributed by atoms with van der Waals surface area (Å²) in [4.78, 5) is 34.9. The van der Waals surface area contributed by atoms with E-state index in [0.29, 0.717) is 38.8 Å². The molecule has 5 N–H and O–H groups in total. The summed E-state index contributed by atoms with van der Waals surface area (Å²) in [5.74, 6) is -0.217. The van der Waals surface area contributed by atoms with E-state index in [4.69, 9.17) is 0 Å². The highest BCUT2D eigenvalue weighted by Crippen LogP contribution is 2.22. The van der Waals surface area contributed by atoms with Gasteiger partial charge in [0.2, 0.25) is 21.8 Å². The second-order valence-electron chi connectivity index (χ2n) is 10.4. The minimum absolute atomic E-state index is 0.149. The van der Waals surface area contributed by atoms with E-state index in [1.54, 1.807) is 24.3 Å². The molecular formula is C30H45N5O7S. The van der Waals surface area contributed by atoms with Crippen LogP contribution >= 0.6 is 0 Å². The smallest absolute Gasteiger partial charge is 0.289 e. The second kappa shape index (κ2) is 19.6. The van der Waals surface area contributed by atoms with Gasteiger partial charge in [-0.05, 0) is 62.5 Å². The molecule has 0 saturated heterocycles. The molecular weight excluding hydrogens is 574 g/mol. The van der Waals surface area contributed by atoms with Crippen molar-refractivity contribution in [1.82, 2.24) is 20.7 Å². The van der Waals surface area contributed by atoms with E-state index in [1.165, 1.54) is 24.3 Å². The quantitative estimate of drug-likeness (QED) is 0.0754. The molecule has 13 heteroatoms. The number of phenolic OH excluding ortho intramolecular Hbond substituents is 1. The molecule has 43 heavy (non-hydrogen) atoms. The molecule has 2 aromatic carbocycles. The molecule has 2 rings (SSSR count). The molecule has 0 radical (unpaired) electrons. The Morgan fingerprint density at radius 2 is 1.51 bits per heavy atom. The average Bonchev–Trinajstić information content (AvgIpc) is 2.98. The van der Waals surface area contributed by atoms with Gasteiger partial charge in [-0.25, -0.2) is 13.1 Å². The molecule has 2 aromatic rings. The van der Waals surface area contributed by atoms with Crippen LogP contribution in [0.25, 0.3) is 0 Å². The number of sulfonamides is 1. The Balaban J connectivity index is 1.52. The third-order valence-electron chi connectivity index (χ3n) is 6.76. The summed E-state index contributed by atoms with van der Waals surface area (Å²) >= 11 is 0. The SMILES string of the molecule is CCCC(=O)NC(Cc1ccc(O)cc1)C(=O)NCCCCCCCCNCCCNS(=O)(=O)c1ccccc1[N+](=O)[O-]. The molecule has 1 unspecified atom stereocenters. The number of hydrogen-bond donors (Lipinski definition) is 5. The molecule has 1 atom stereocenters. The number of amides is 2. The van der Waals surface area contributed by atoms with Crippen LogP contribution in [-0.2, 0) is 26.0 Å². The van der Waals surface area contributed by atoms with Crippen molar-refractivity contribution in [3.63, 3.8) is 0 Å². The van der Waals surface area contributed by atoms with E-state index in [9.17, 15) is 33.2 Å². The highest BCUT2D eigenvalue weighted by Gasteiger charge is 2.24. The maximum absolute atomic E-state index is 12.8. The van der Waals surface area contributed by atoms with Gasteiger partial charge in [-0.1, -0.05) is 56.9 Å². The van der Waals surface area contributed by atoms with Gasteiger partial charge < -0.3 is 21.1 Å². The van der Waals surface area contributed by atoms with Crippen molar-refractivity contribution < 1.29 is 28.0 Å². The van der Waals surface area contributed by atoms with Crippen molar-refractivity contribution in [2.24, 2.45) is 0 Å².